The molecule has 2 N–H and O–H groups in total. The van der Waals surface area contributed by atoms with Crippen molar-refractivity contribution < 1.29 is 39.3 Å². The van der Waals surface area contributed by atoms with Gasteiger partial charge in [0.25, 0.3) is 20.2 Å². The van der Waals surface area contributed by atoms with Gasteiger partial charge in [0.05, 0.1) is 16.9 Å². The molecule has 1 aliphatic heterocycles. The fourth-order valence-corrected chi connectivity index (χ4v) is 5.90. The second kappa shape index (κ2) is 12.4. The molecule has 0 radical (unpaired) electrons. The molecule has 214 valence electrons. The molecule has 10 nitrogen and oxygen atoms in total. The molecule has 0 saturated carbocycles. The van der Waals surface area contributed by atoms with E-state index in [1.54, 1.807) is 36.4 Å². The van der Waals surface area contributed by atoms with Gasteiger partial charge in [0, 0.05) is 47.8 Å². The van der Waals surface area contributed by atoms with Crippen molar-refractivity contribution in [3.8, 4) is 0 Å². The molecule has 1 heterocycles. The fraction of sp³-hybridized carbons (Fsp3) is 0.423. The number of allylic oxidation sites excluding steroid dienone is 1. The van der Waals surface area contributed by atoms with Crippen LogP contribution in [0.2, 0.25) is 0 Å². The highest BCUT2D eigenvalue weighted by atomic mass is 32.2. The highest BCUT2D eigenvalue weighted by Crippen LogP contribution is 2.41. The zero-order valence-corrected chi connectivity index (χ0v) is 24.6. The molecule has 0 fully saturated rings. The number of hydrogen-bond donors (Lipinski definition) is 2. The molecule has 39 heavy (non-hydrogen) atoms. The standard InChI is InChI=1S/C26H34N2O8S3/c1-4-5-14-28-24-12-11-22(37(29)30)19-23(24)26(2,3)25(28)13-8-20-6-9-21(10-7-20)27(15-17-38(31,32)33)16-18-39(34,35)36/h6-13,19H,4-5,14-18H2,1-3H3,(H2-,29,30,31,32,33,34,35,36). The largest absolute Gasteiger partial charge is 0.768 e. The van der Waals surface area contributed by atoms with Crippen molar-refractivity contribution >= 4 is 54.5 Å². The molecule has 2 aromatic rings. The summed E-state index contributed by atoms with van der Waals surface area (Å²) in [6.45, 7) is 6.69. The van der Waals surface area contributed by atoms with Gasteiger partial charge in [0.2, 0.25) is 5.69 Å². The van der Waals surface area contributed by atoms with Crippen LogP contribution in [0.25, 0.3) is 6.08 Å². The van der Waals surface area contributed by atoms with Gasteiger partial charge in [-0.2, -0.15) is 21.4 Å². The third-order valence-electron chi connectivity index (χ3n) is 6.72. The zero-order chi connectivity index (χ0) is 29.0. The number of unbranched alkanes of at least 4 members (excludes halogenated alkanes) is 1. The molecule has 1 unspecified atom stereocenters. The topological polar surface area (TPSA) is 155 Å². The van der Waals surface area contributed by atoms with Gasteiger partial charge in [-0.1, -0.05) is 25.5 Å². The minimum absolute atomic E-state index is 0.156. The molecule has 1 atom stereocenters. The van der Waals surface area contributed by atoms with Crippen LogP contribution in [-0.4, -0.2) is 76.1 Å². The first-order valence-electron chi connectivity index (χ1n) is 12.4. The lowest BCUT2D eigenvalue weighted by Crippen LogP contribution is -2.33. The number of rotatable bonds is 13. The SMILES string of the molecule is CCCC[N+]1=C(/C=C/c2ccc(N(CCS(=O)(=O)O)CCS(=O)(=O)O)cc2)C(C)(C)c2cc(S(=O)[O-])ccc21. The number of anilines is 1. The van der Waals surface area contributed by atoms with Crippen LogP contribution in [0, 0.1) is 0 Å². The summed E-state index contributed by atoms with van der Waals surface area (Å²) in [7, 11) is -8.53. The van der Waals surface area contributed by atoms with Gasteiger partial charge in [0.15, 0.2) is 5.71 Å². The summed E-state index contributed by atoms with van der Waals surface area (Å²) in [5.74, 6) is -1.19. The quantitative estimate of drug-likeness (QED) is 0.200. The third-order valence-corrected chi connectivity index (χ3v) is 8.76. The highest BCUT2D eigenvalue weighted by molar-refractivity contribution is 7.86. The van der Waals surface area contributed by atoms with Gasteiger partial charge >= 0.3 is 0 Å². The third kappa shape index (κ3) is 8.29. The van der Waals surface area contributed by atoms with Crippen LogP contribution < -0.4 is 4.90 Å². The van der Waals surface area contributed by atoms with E-state index in [0.717, 1.165) is 41.9 Å². The van der Waals surface area contributed by atoms with E-state index in [9.17, 15) is 25.6 Å². The van der Waals surface area contributed by atoms with Gasteiger partial charge in [0.1, 0.15) is 6.54 Å². The molecular weight excluding hydrogens is 564 g/mol. The van der Waals surface area contributed by atoms with Crippen molar-refractivity contribution in [3.63, 3.8) is 0 Å². The van der Waals surface area contributed by atoms with Gasteiger partial charge in [-0.05, 0) is 60.8 Å². The average Bonchev–Trinajstić information content (AvgIpc) is 3.05. The van der Waals surface area contributed by atoms with Gasteiger partial charge < -0.3 is 9.45 Å². The molecule has 0 bridgehead atoms. The summed E-state index contributed by atoms with van der Waals surface area (Å²) in [6, 6.07) is 12.2. The van der Waals surface area contributed by atoms with Crippen molar-refractivity contribution in [2.75, 3.05) is 36.0 Å². The Hall–Kier alpha value is -2.42. The Balaban J connectivity index is 1.90. The van der Waals surface area contributed by atoms with E-state index in [-0.39, 0.29) is 18.0 Å². The van der Waals surface area contributed by atoms with Crippen molar-refractivity contribution in [1.29, 1.82) is 0 Å². The summed E-state index contributed by atoms with van der Waals surface area (Å²) < 4.78 is 88.5. The molecule has 3 rings (SSSR count). The van der Waals surface area contributed by atoms with E-state index < -0.39 is 48.2 Å². The van der Waals surface area contributed by atoms with E-state index in [2.05, 4.69) is 25.3 Å². The minimum atomic E-state index is -4.27. The first-order valence-corrected chi connectivity index (χ1v) is 16.7. The maximum absolute atomic E-state index is 11.6. The Bertz CT molecular complexity index is 1460. The Kier molecular flexibility index (Phi) is 9.89. The minimum Gasteiger partial charge on any atom is -0.768 e. The first kappa shape index (κ1) is 31.1. The summed E-state index contributed by atoms with van der Waals surface area (Å²) in [6.07, 6.45) is 5.89. The smallest absolute Gasteiger partial charge is 0.266 e. The molecular formula is C26H34N2O8S3. The second-order valence-corrected chi connectivity index (χ2v) is 14.0. The molecule has 0 amide bonds. The molecule has 13 heteroatoms. The second-order valence-electron chi connectivity index (χ2n) is 9.91. The number of hydrogen-bond acceptors (Lipinski definition) is 7. The fourth-order valence-electron chi connectivity index (χ4n) is 4.61. The summed E-state index contributed by atoms with van der Waals surface area (Å²) in [4.78, 5) is 1.70. The lowest BCUT2D eigenvalue weighted by Gasteiger charge is -2.24. The molecule has 0 saturated heterocycles. The van der Waals surface area contributed by atoms with E-state index in [4.69, 9.17) is 9.11 Å². The predicted molar refractivity (Wildman–Crippen MR) is 152 cm³/mol. The van der Waals surface area contributed by atoms with Gasteiger partial charge in [-0.3, -0.25) is 13.3 Å². The Morgan fingerprint density at radius 1 is 0.974 bits per heavy atom. The van der Waals surface area contributed by atoms with E-state index >= 15 is 0 Å². The number of nitrogens with zero attached hydrogens (tertiary/aromatic N) is 2. The van der Waals surface area contributed by atoms with Crippen LogP contribution in [-0.2, 0) is 36.7 Å². The van der Waals surface area contributed by atoms with Crippen molar-refractivity contribution in [3.05, 3.63) is 59.7 Å². The Morgan fingerprint density at radius 3 is 2.08 bits per heavy atom. The zero-order valence-electron chi connectivity index (χ0n) is 22.1. The van der Waals surface area contributed by atoms with Crippen LogP contribution >= 0.6 is 0 Å². The van der Waals surface area contributed by atoms with Gasteiger partial charge in [-0.25, -0.2) is 0 Å². The van der Waals surface area contributed by atoms with E-state index in [0.29, 0.717) is 5.69 Å². The Morgan fingerprint density at radius 2 is 1.56 bits per heavy atom. The normalized spacial score (nSPS) is 16.1. The van der Waals surface area contributed by atoms with Crippen LogP contribution in [0.15, 0.2) is 53.4 Å². The van der Waals surface area contributed by atoms with Crippen LogP contribution in [0.1, 0.15) is 44.7 Å². The number of fused-ring (bicyclic) bond motifs is 1. The van der Waals surface area contributed by atoms with Gasteiger partial charge in [-0.15, -0.1) is 0 Å². The van der Waals surface area contributed by atoms with Crippen molar-refractivity contribution in [2.24, 2.45) is 0 Å². The average molecular weight is 599 g/mol. The summed E-state index contributed by atoms with van der Waals surface area (Å²) >= 11 is -2.33. The molecule has 2 aromatic carbocycles. The maximum Gasteiger partial charge on any atom is 0.266 e. The molecule has 0 aromatic heterocycles. The lowest BCUT2D eigenvalue weighted by molar-refractivity contribution is -0.438. The monoisotopic (exact) mass is 598 g/mol. The predicted octanol–water partition coefficient (Wildman–Crippen LogP) is 3.40. The van der Waals surface area contributed by atoms with E-state index in [1.165, 1.54) is 4.90 Å². The molecule has 0 spiro atoms. The van der Waals surface area contributed by atoms with Crippen molar-refractivity contribution in [2.45, 2.75) is 43.9 Å². The highest BCUT2D eigenvalue weighted by Gasteiger charge is 2.44. The maximum atomic E-state index is 11.6. The van der Waals surface area contributed by atoms with Crippen LogP contribution in [0.3, 0.4) is 0 Å². The first-order chi connectivity index (χ1) is 18.1. The van der Waals surface area contributed by atoms with Crippen LogP contribution in [0.5, 0.6) is 0 Å². The van der Waals surface area contributed by atoms with Crippen LogP contribution in [0.4, 0.5) is 11.4 Å². The molecule has 0 aliphatic carbocycles. The number of benzene rings is 2. The molecule has 1 aliphatic rings. The summed E-state index contributed by atoms with van der Waals surface area (Å²) in [5, 5.41) is 0. The summed E-state index contributed by atoms with van der Waals surface area (Å²) in [5.41, 5.74) is 3.85. The van der Waals surface area contributed by atoms with E-state index in [1.807, 2.05) is 18.2 Å². The Labute approximate surface area is 232 Å². The van der Waals surface area contributed by atoms with Crippen molar-refractivity contribution in [1.82, 2.24) is 0 Å². The lowest BCUT2D eigenvalue weighted by atomic mass is 9.81.